The fourth-order valence-corrected chi connectivity index (χ4v) is 4.25. The Hall–Kier alpha value is 0.360. The molecule has 2 heterocycles. The summed E-state index contributed by atoms with van der Waals surface area (Å²) in [5.74, 6) is 0.275. The van der Waals surface area contributed by atoms with Gasteiger partial charge in [-0.1, -0.05) is 0 Å². The van der Waals surface area contributed by atoms with Gasteiger partial charge in [0.05, 0.1) is 30.2 Å². The number of hydrogen-bond donors (Lipinski definition) is 1. The van der Waals surface area contributed by atoms with Crippen LogP contribution >= 0.6 is 0 Å². The number of fused-ring (bicyclic) bond motifs is 2. The van der Waals surface area contributed by atoms with Crippen LogP contribution < -0.4 is 17.0 Å². The summed E-state index contributed by atoms with van der Waals surface area (Å²) in [6.07, 6.45) is 1.43. The number of likely N-dealkylation sites (N-methyl/N-ethyl adjacent to an activating group) is 1. The normalized spacial score (nSPS) is 75.9. The van der Waals surface area contributed by atoms with Crippen molar-refractivity contribution in [2.24, 2.45) is 5.92 Å². The van der Waals surface area contributed by atoms with Crippen molar-refractivity contribution in [1.29, 1.82) is 0 Å². The lowest BCUT2D eigenvalue weighted by Gasteiger charge is -2.34. The van der Waals surface area contributed by atoms with Crippen molar-refractivity contribution in [3.63, 3.8) is 0 Å². The second-order valence-electron chi connectivity index (χ2n) is 5.23. The van der Waals surface area contributed by atoms with E-state index in [2.05, 4.69) is 0 Å². The number of rotatable bonds is 0. The maximum absolute atomic E-state index is 9.81. The van der Waals surface area contributed by atoms with Gasteiger partial charge in [0.2, 0.25) is 0 Å². The molecule has 2 aliphatic carbocycles. The minimum absolute atomic E-state index is 0. The molecule has 0 bridgehead atoms. The molecule has 0 radical (unpaired) electrons. The van der Waals surface area contributed by atoms with Crippen LogP contribution in [0.1, 0.15) is 17.0 Å². The molecule has 80 valence electrons. The molecule has 1 N–H and O–H groups in total. The van der Waals surface area contributed by atoms with Gasteiger partial charge in [0.25, 0.3) is 0 Å². The molecule has 2 saturated heterocycles. The highest BCUT2D eigenvalue weighted by Crippen LogP contribution is 2.75. The van der Waals surface area contributed by atoms with Gasteiger partial charge in [0.15, 0.2) is 11.6 Å². The van der Waals surface area contributed by atoms with E-state index in [4.69, 9.17) is 8.85 Å². The van der Waals surface area contributed by atoms with Crippen molar-refractivity contribution in [1.82, 2.24) is 0 Å². The fourth-order valence-electron chi connectivity index (χ4n) is 4.25. The summed E-state index contributed by atoms with van der Waals surface area (Å²) in [5, 5.41) is 9.81. The van der Waals surface area contributed by atoms with Crippen molar-refractivity contribution in [3.05, 3.63) is 0 Å². The summed E-state index contributed by atoms with van der Waals surface area (Å²) in [6, 6.07) is 0.0810. The number of ether oxygens (including phenoxy) is 1. The highest BCUT2D eigenvalue weighted by molar-refractivity contribution is 5.33. The van der Waals surface area contributed by atoms with E-state index in [1.165, 1.54) is 0 Å². The molecule has 7 unspecified atom stereocenters. The van der Waals surface area contributed by atoms with Crippen molar-refractivity contribution >= 4 is 0 Å². The molecule has 14 heavy (non-hydrogen) atoms. The third-order valence-electron chi connectivity index (χ3n) is 4.89. The Bertz CT molecular complexity index is 388. The van der Waals surface area contributed by atoms with Crippen LogP contribution in [0.2, 0.25) is 0 Å². The Morgan fingerprint density at radius 2 is 2.36 bits per heavy atom. The molecule has 0 aromatic carbocycles. The van der Waals surface area contributed by atoms with Crippen LogP contribution in [0.25, 0.3) is 0 Å². The van der Waals surface area contributed by atoms with E-state index in [-0.39, 0.29) is 57.3 Å². The van der Waals surface area contributed by atoms with Gasteiger partial charge in [-0.3, -0.25) is 0 Å². The number of quaternary nitrogens is 1. The van der Waals surface area contributed by atoms with Crippen LogP contribution in [0, 0.1) is 5.92 Å². The minimum Gasteiger partial charge on any atom is -1.00 e. The lowest BCUT2D eigenvalue weighted by molar-refractivity contribution is -0.805. The fraction of sp³-hybridized carbons (Fsp3) is 1.00. The monoisotopic (exact) mass is 264 g/mol. The van der Waals surface area contributed by atoms with Gasteiger partial charge in [-0.15, -0.1) is 0 Å². The van der Waals surface area contributed by atoms with Crippen LogP contribution in [0.3, 0.4) is 0 Å². The quantitative estimate of drug-likeness (QED) is 0.368. The van der Waals surface area contributed by atoms with Gasteiger partial charge in [0.1, 0.15) is 12.2 Å². The summed E-state index contributed by atoms with van der Waals surface area (Å²) in [4.78, 5) is 0. The molecule has 3 nitrogen and oxygen atoms in total. The number of halogens is 1. The average molecular weight is 265 g/mol. The second kappa shape index (κ2) is 2.21. The number of hydrogen-bond acceptors (Lipinski definition) is 2. The van der Waals surface area contributed by atoms with Gasteiger partial charge in [-0.25, -0.2) is 0 Å². The Morgan fingerprint density at radius 1 is 1.57 bits per heavy atom. The predicted molar refractivity (Wildman–Crippen MR) is 46.0 cm³/mol. The molecule has 4 rings (SSSR count). The second-order valence-corrected chi connectivity index (χ2v) is 5.23. The maximum atomic E-state index is 9.81. The van der Waals surface area contributed by atoms with Gasteiger partial charge < -0.3 is 31.3 Å². The largest absolute Gasteiger partial charge is 1.00 e. The van der Waals surface area contributed by atoms with Crippen LogP contribution in [0.15, 0.2) is 0 Å². The molecule has 0 amide bonds. The zero-order chi connectivity index (χ0) is 11.5. The number of epoxide rings is 1. The first-order chi connectivity index (χ1) is 7.35. The molecule has 4 heteroatoms. The molecule has 2 aliphatic heterocycles. The van der Waals surface area contributed by atoms with E-state index >= 15 is 0 Å². The summed E-state index contributed by atoms with van der Waals surface area (Å²) in [5.41, 5.74) is -0.171. The number of likely N-dealkylation sites (tertiary alicyclic amines) is 1. The minimum atomic E-state index is -1.98. The Labute approximate surface area is 98.6 Å². The van der Waals surface area contributed by atoms with Gasteiger partial charge >= 0.3 is 0 Å². The van der Waals surface area contributed by atoms with E-state index in [0.29, 0.717) is 6.42 Å². The smallest absolute Gasteiger partial charge is 0.186 e. The third kappa shape index (κ3) is 0.655. The van der Waals surface area contributed by atoms with Gasteiger partial charge in [0, 0.05) is 6.42 Å². The van der Waals surface area contributed by atoms with Crippen molar-refractivity contribution < 1.29 is 35.4 Å². The molecule has 0 aromatic rings. The van der Waals surface area contributed by atoms with Crippen molar-refractivity contribution in [3.8, 4) is 0 Å². The van der Waals surface area contributed by atoms with E-state index < -0.39 is 6.98 Å². The molecular formula is C10H16BrNO2. The maximum Gasteiger partial charge on any atom is 0.186 e. The van der Waals surface area contributed by atoms with E-state index in [1.54, 1.807) is 0 Å². The SMILES string of the molecule is [2H]C([2H])([2H])[N+]1(C)C2CC(O)CC3C4OC4C321.[Br-]. The molecular weight excluding hydrogens is 246 g/mol. The molecule has 2 saturated carbocycles. The molecule has 7 atom stereocenters. The number of nitrogens with zero attached hydrogens (tertiary/aromatic N) is 1. The van der Waals surface area contributed by atoms with E-state index in [9.17, 15) is 5.11 Å². The third-order valence-corrected chi connectivity index (χ3v) is 4.89. The van der Waals surface area contributed by atoms with Gasteiger partial charge in [-0.05, 0) is 6.42 Å². The Balaban J connectivity index is 0.000000902. The summed E-state index contributed by atoms with van der Waals surface area (Å²) >= 11 is 0. The molecule has 4 aliphatic rings. The zero-order valence-electron chi connectivity index (χ0n) is 11.0. The predicted octanol–water partition coefficient (Wildman–Crippen LogP) is -3.26. The highest BCUT2D eigenvalue weighted by Gasteiger charge is 2.96. The summed E-state index contributed by atoms with van der Waals surface area (Å²) in [6.45, 7) is -1.98. The lowest BCUT2D eigenvalue weighted by atomic mass is 9.64. The van der Waals surface area contributed by atoms with Crippen LogP contribution in [-0.4, -0.2) is 53.5 Å². The highest BCUT2D eigenvalue weighted by atomic mass is 79.9. The topological polar surface area (TPSA) is 32.8 Å². The summed E-state index contributed by atoms with van der Waals surface area (Å²) < 4.78 is 28.9. The standard InChI is InChI=1S/C10H16NO2.BrH/c1-11(2)7-4-5(12)3-6-8-9(13-8)10(6,7)11;/h5-9,12H,3-4H2,1-2H3;1H/q+1;/p-1/i1D3;. The zero-order valence-corrected chi connectivity index (χ0v) is 9.57. The van der Waals surface area contributed by atoms with Crippen LogP contribution in [0.5, 0.6) is 0 Å². The Morgan fingerprint density at radius 3 is 3.07 bits per heavy atom. The summed E-state index contributed by atoms with van der Waals surface area (Å²) in [7, 11) is 1.82. The molecule has 0 aromatic heterocycles. The first kappa shape index (κ1) is 6.84. The Kier molecular flexibility index (Phi) is 1.08. The first-order valence-electron chi connectivity index (χ1n) is 6.55. The lowest BCUT2D eigenvalue weighted by Crippen LogP contribution is -3.00. The molecule has 4 fully saturated rings. The first-order valence-corrected chi connectivity index (χ1v) is 5.05. The van der Waals surface area contributed by atoms with E-state index in [0.717, 1.165) is 6.42 Å². The van der Waals surface area contributed by atoms with Crippen LogP contribution in [0.4, 0.5) is 0 Å². The van der Waals surface area contributed by atoms with Crippen molar-refractivity contribution in [2.45, 2.75) is 42.7 Å². The molecule has 1 spiro atoms. The van der Waals surface area contributed by atoms with Gasteiger partial charge in [-0.2, -0.15) is 0 Å². The van der Waals surface area contributed by atoms with E-state index in [1.807, 2.05) is 7.05 Å². The average Bonchev–Trinajstić information content (AvgIpc) is 2.97. The number of aliphatic hydroxyl groups excluding tert-OH is 1. The van der Waals surface area contributed by atoms with Crippen molar-refractivity contribution in [2.75, 3.05) is 14.0 Å². The number of aliphatic hydroxyl groups is 1. The van der Waals surface area contributed by atoms with Crippen LogP contribution in [-0.2, 0) is 4.74 Å².